The Balaban J connectivity index is 4.40. The van der Waals surface area contributed by atoms with Crippen molar-refractivity contribution in [1.29, 1.82) is 0 Å². The molecule has 1 unspecified atom stereocenters. The Morgan fingerprint density at radius 1 is 1.33 bits per heavy atom. The molecule has 4 heteroatoms. The third kappa shape index (κ3) is 4.62. The molecule has 0 aromatic rings. The Labute approximate surface area is 92.3 Å². The van der Waals surface area contributed by atoms with Crippen LogP contribution in [0, 0.1) is 5.41 Å². The average Bonchev–Trinajstić information content (AvgIpc) is 2.22. The number of rotatable bonds is 8. The largest absolute Gasteiger partial charge is 0.356 e. The van der Waals surface area contributed by atoms with E-state index in [0.29, 0.717) is 0 Å². The van der Waals surface area contributed by atoms with Gasteiger partial charge >= 0.3 is 0 Å². The van der Waals surface area contributed by atoms with Crippen molar-refractivity contribution in [2.75, 3.05) is 14.2 Å². The van der Waals surface area contributed by atoms with E-state index in [1.54, 1.807) is 14.2 Å². The molecule has 0 bridgehead atoms. The lowest BCUT2D eigenvalue weighted by molar-refractivity contribution is -0.128. The molecule has 0 spiro atoms. The molecule has 0 saturated heterocycles. The molecule has 15 heavy (non-hydrogen) atoms. The highest BCUT2D eigenvalue weighted by Crippen LogP contribution is 2.29. The van der Waals surface area contributed by atoms with Crippen LogP contribution in [0.5, 0.6) is 0 Å². The molecular weight excluding hydrogens is 194 g/mol. The third-order valence-corrected chi connectivity index (χ3v) is 2.84. The summed E-state index contributed by atoms with van der Waals surface area (Å²) in [5.41, 5.74) is -0.0493. The third-order valence-electron chi connectivity index (χ3n) is 2.84. The minimum Gasteiger partial charge on any atom is -0.356 e. The molecule has 0 radical (unpaired) electrons. The van der Waals surface area contributed by atoms with E-state index in [2.05, 4.69) is 26.1 Å². The summed E-state index contributed by atoms with van der Waals surface area (Å²) in [5, 5.41) is 2.83. The van der Waals surface area contributed by atoms with Crippen molar-refractivity contribution in [3.63, 3.8) is 0 Å². The quantitative estimate of drug-likeness (QED) is 0.495. The van der Waals surface area contributed by atoms with Gasteiger partial charge in [0.05, 0.1) is 0 Å². The van der Waals surface area contributed by atoms with Gasteiger partial charge in [-0.3, -0.25) is 4.79 Å². The monoisotopic (exact) mass is 217 g/mol. The number of hydrogen-bond acceptors (Lipinski definition) is 3. The first-order chi connectivity index (χ1) is 7.01. The predicted molar refractivity (Wildman–Crippen MR) is 59.5 cm³/mol. The molecular formula is C11H23NO3. The summed E-state index contributed by atoms with van der Waals surface area (Å²) in [6.07, 6.45) is 2.18. The molecule has 0 aromatic carbocycles. The Bertz CT molecular complexity index is 179. The van der Waals surface area contributed by atoms with Crippen molar-refractivity contribution in [1.82, 2.24) is 5.32 Å². The van der Waals surface area contributed by atoms with Gasteiger partial charge in [-0.1, -0.05) is 20.8 Å². The number of carbonyl (C=O) groups excluding carboxylic acids is 1. The fourth-order valence-corrected chi connectivity index (χ4v) is 1.81. The SMILES string of the molecule is CCC(NC=O)C(C)(C)CC(OC)OC. The van der Waals surface area contributed by atoms with E-state index < -0.39 is 0 Å². The van der Waals surface area contributed by atoms with E-state index in [-0.39, 0.29) is 17.7 Å². The second-order valence-corrected chi connectivity index (χ2v) is 4.34. The molecule has 1 amide bonds. The van der Waals surface area contributed by atoms with Crippen LogP contribution in [0.15, 0.2) is 0 Å². The Kier molecular flexibility index (Phi) is 6.52. The van der Waals surface area contributed by atoms with Crippen LogP contribution in [-0.4, -0.2) is 33.0 Å². The molecule has 1 atom stereocenters. The van der Waals surface area contributed by atoms with E-state index in [9.17, 15) is 4.79 Å². The summed E-state index contributed by atoms with van der Waals surface area (Å²) in [6, 6.07) is 0.141. The smallest absolute Gasteiger partial charge is 0.207 e. The molecule has 0 rings (SSSR count). The zero-order valence-corrected chi connectivity index (χ0v) is 10.4. The van der Waals surface area contributed by atoms with Gasteiger partial charge in [0.1, 0.15) is 0 Å². The van der Waals surface area contributed by atoms with E-state index >= 15 is 0 Å². The molecule has 0 fully saturated rings. The zero-order valence-electron chi connectivity index (χ0n) is 10.4. The van der Waals surface area contributed by atoms with Gasteiger partial charge in [0.25, 0.3) is 0 Å². The maximum Gasteiger partial charge on any atom is 0.207 e. The summed E-state index contributed by atoms with van der Waals surface area (Å²) in [4.78, 5) is 10.5. The highest BCUT2D eigenvalue weighted by molar-refractivity contribution is 5.46. The number of hydrogen-bond donors (Lipinski definition) is 1. The summed E-state index contributed by atoms with van der Waals surface area (Å²) in [6.45, 7) is 6.25. The van der Waals surface area contributed by atoms with Gasteiger partial charge in [0, 0.05) is 26.7 Å². The second kappa shape index (κ2) is 6.80. The molecule has 4 nitrogen and oxygen atoms in total. The van der Waals surface area contributed by atoms with Crippen LogP contribution >= 0.6 is 0 Å². The highest BCUT2D eigenvalue weighted by atomic mass is 16.7. The Morgan fingerprint density at radius 3 is 2.20 bits per heavy atom. The standard InChI is InChI=1S/C11H23NO3/c1-6-9(12-8-13)11(2,3)7-10(14-4)15-5/h8-10H,6-7H2,1-5H3,(H,12,13). The number of nitrogens with one attached hydrogen (secondary N) is 1. The number of ether oxygens (including phenoxy) is 2. The van der Waals surface area contributed by atoms with Crippen molar-refractivity contribution in [3.8, 4) is 0 Å². The average molecular weight is 217 g/mol. The van der Waals surface area contributed by atoms with Crippen LogP contribution < -0.4 is 5.32 Å². The van der Waals surface area contributed by atoms with Gasteiger partial charge in [-0.15, -0.1) is 0 Å². The summed E-state index contributed by atoms with van der Waals surface area (Å²) in [5.74, 6) is 0. The molecule has 0 saturated carbocycles. The molecule has 0 aliphatic heterocycles. The topological polar surface area (TPSA) is 47.6 Å². The summed E-state index contributed by atoms with van der Waals surface area (Å²) >= 11 is 0. The fourth-order valence-electron chi connectivity index (χ4n) is 1.81. The summed E-state index contributed by atoms with van der Waals surface area (Å²) < 4.78 is 10.3. The van der Waals surface area contributed by atoms with Crippen LogP contribution in [0.25, 0.3) is 0 Å². The molecule has 0 heterocycles. The van der Waals surface area contributed by atoms with E-state index in [4.69, 9.17) is 9.47 Å². The predicted octanol–water partition coefficient (Wildman–Crippen LogP) is 1.55. The van der Waals surface area contributed by atoms with Crippen molar-refractivity contribution in [3.05, 3.63) is 0 Å². The number of amides is 1. The molecule has 0 aliphatic rings. The van der Waals surface area contributed by atoms with Gasteiger partial charge < -0.3 is 14.8 Å². The number of methoxy groups -OCH3 is 2. The van der Waals surface area contributed by atoms with Crippen LogP contribution in [-0.2, 0) is 14.3 Å². The summed E-state index contributed by atoms with van der Waals surface area (Å²) in [7, 11) is 3.25. The lowest BCUT2D eigenvalue weighted by Gasteiger charge is -2.35. The molecule has 0 aromatic heterocycles. The zero-order chi connectivity index (χ0) is 11.9. The lowest BCUT2D eigenvalue weighted by atomic mass is 9.79. The fraction of sp³-hybridized carbons (Fsp3) is 0.909. The second-order valence-electron chi connectivity index (χ2n) is 4.34. The van der Waals surface area contributed by atoms with Crippen LogP contribution in [0.4, 0.5) is 0 Å². The van der Waals surface area contributed by atoms with Crippen LogP contribution in [0.3, 0.4) is 0 Å². The Morgan fingerprint density at radius 2 is 1.87 bits per heavy atom. The highest BCUT2D eigenvalue weighted by Gasteiger charge is 2.31. The lowest BCUT2D eigenvalue weighted by Crippen LogP contribution is -2.43. The molecule has 1 N–H and O–H groups in total. The van der Waals surface area contributed by atoms with Crippen LogP contribution in [0.2, 0.25) is 0 Å². The maximum atomic E-state index is 10.5. The van der Waals surface area contributed by atoms with E-state index in [0.717, 1.165) is 19.3 Å². The van der Waals surface area contributed by atoms with Crippen LogP contribution in [0.1, 0.15) is 33.6 Å². The van der Waals surface area contributed by atoms with Gasteiger partial charge in [-0.05, 0) is 11.8 Å². The first kappa shape index (κ1) is 14.4. The van der Waals surface area contributed by atoms with E-state index in [1.807, 2.05) is 0 Å². The van der Waals surface area contributed by atoms with Crippen molar-refractivity contribution >= 4 is 6.41 Å². The van der Waals surface area contributed by atoms with Crippen molar-refractivity contribution in [2.24, 2.45) is 5.41 Å². The normalized spacial score (nSPS) is 14.0. The van der Waals surface area contributed by atoms with Gasteiger partial charge in [-0.25, -0.2) is 0 Å². The van der Waals surface area contributed by atoms with E-state index in [1.165, 1.54) is 0 Å². The minimum atomic E-state index is -0.220. The van der Waals surface area contributed by atoms with Gasteiger partial charge in [0.2, 0.25) is 6.41 Å². The van der Waals surface area contributed by atoms with Crippen molar-refractivity contribution < 1.29 is 14.3 Å². The number of carbonyl (C=O) groups is 1. The molecule has 0 aliphatic carbocycles. The van der Waals surface area contributed by atoms with Gasteiger partial charge in [0.15, 0.2) is 6.29 Å². The first-order valence-corrected chi connectivity index (χ1v) is 5.27. The Hall–Kier alpha value is -0.610. The molecule has 90 valence electrons. The minimum absolute atomic E-state index is 0.0493. The van der Waals surface area contributed by atoms with Crippen molar-refractivity contribution in [2.45, 2.75) is 45.9 Å². The maximum absolute atomic E-state index is 10.5. The van der Waals surface area contributed by atoms with Gasteiger partial charge in [-0.2, -0.15) is 0 Å². The first-order valence-electron chi connectivity index (χ1n) is 5.27.